The molecule has 1 atom stereocenters. The van der Waals surface area contributed by atoms with E-state index in [1.54, 1.807) is 32.4 Å². The number of hydrogen-bond acceptors (Lipinski definition) is 6. The maximum Gasteiger partial charge on any atom is 0.124 e. The van der Waals surface area contributed by atoms with Gasteiger partial charge in [0.2, 0.25) is 0 Å². The third-order valence-corrected chi connectivity index (χ3v) is 3.61. The van der Waals surface area contributed by atoms with Crippen LogP contribution in [0.1, 0.15) is 11.7 Å². The number of aliphatic hydroxyl groups excluding tert-OH is 1. The minimum atomic E-state index is -0.705. The number of aliphatic hydroxyl groups is 1. The molecule has 0 saturated carbocycles. The summed E-state index contributed by atoms with van der Waals surface area (Å²) < 4.78 is 15.6. The summed E-state index contributed by atoms with van der Waals surface area (Å²) in [6.07, 6.45) is -0.705. The lowest BCUT2D eigenvalue weighted by molar-refractivity contribution is -0.0728. The fourth-order valence-electron chi connectivity index (χ4n) is 2.16. The van der Waals surface area contributed by atoms with Crippen LogP contribution in [0.15, 0.2) is 18.2 Å². The number of β-amino-alcohol motifs (C(OH)–C–C–N with tert-alkyl or cyclic N) is 1. The first kappa shape index (κ1) is 15.1. The maximum absolute atomic E-state index is 10.4. The molecule has 112 valence electrons. The average Bonchev–Trinajstić information content (AvgIpc) is 2.45. The highest BCUT2D eigenvalue weighted by Crippen LogP contribution is 2.29. The van der Waals surface area contributed by atoms with Gasteiger partial charge in [0.25, 0.3) is 0 Å². The van der Waals surface area contributed by atoms with Crippen LogP contribution in [0.25, 0.3) is 0 Å². The van der Waals surface area contributed by atoms with Crippen LogP contribution in [-0.2, 0) is 4.74 Å². The molecule has 1 heterocycles. The van der Waals surface area contributed by atoms with Crippen LogP contribution in [-0.4, -0.2) is 51.2 Å². The van der Waals surface area contributed by atoms with Gasteiger partial charge in [-0.3, -0.25) is 0 Å². The number of nitrogens with two attached hydrogens (primary N) is 1. The summed E-state index contributed by atoms with van der Waals surface area (Å²) >= 11 is 0. The Labute approximate surface area is 118 Å². The molecule has 0 aromatic heterocycles. The van der Waals surface area contributed by atoms with Crippen LogP contribution in [0.5, 0.6) is 11.5 Å². The van der Waals surface area contributed by atoms with Crippen molar-refractivity contribution in [1.82, 2.24) is 5.32 Å². The van der Waals surface area contributed by atoms with Crippen LogP contribution < -0.4 is 20.5 Å². The van der Waals surface area contributed by atoms with Crippen molar-refractivity contribution in [3.05, 3.63) is 23.8 Å². The molecule has 0 spiro atoms. The first-order chi connectivity index (χ1) is 9.64. The lowest BCUT2D eigenvalue weighted by atomic mass is 9.97. The summed E-state index contributed by atoms with van der Waals surface area (Å²) in [7, 11) is 3.16. The molecule has 1 fully saturated rings. The molecule has 0 bridgehead atoms. The van der Waals surface area contributed by atoms with Gasteiger partial charge in [0.05, 0.1) is 39.1 Å². The van der Waals surface area contributed by atoms with E-state index in [0.717, 1.165) is 0 Å². The van der Waals surface area contributed by atoms with Crippen molar-refractivity contribution in [3.63, 3.8) is 0 Å². The summed E-state index contributed by atoms with van der Waals surface area (Å²) in [6, 6.07) is 5.35. The van der Waals surface area contributed by atoms with Crippen LogP contribution in [0.2, 0.25) is 0 Å². The molecule has 0 radical (unpaired) electrons. The Morgan fingerprint density at radius 2 is 2.15 bits per heavy atom. The summed E-state index contributed by atoms with van der Waals surface area (Å²) in [5, 5.41) is 13.6. The van der Waals surface area contributed by atoms with E-state index in [0.29, 0.717) is 43.4 Å². The Kier molecular flexibility index (Phi) is 4.82. The van der Waals surface area contributed by atoms with E-state index in [9.17, 15) is 5.11 Å². The number of rotatable bonds is 7. The van der Waals surface area contributed by atoms with Crippen molar-refractivity contribution >= 4 is 0 Å². The lowest BCUT2D eigenvalue weighted by Crippen LogP contribution is -2.65. The largest absolute Gasteiger partial charge is 0.497 e. The fraction of sp³-hybridized carbons (Fsp3) is 0.571. The molecule has 20 heavy (non-hydrogen) atoms. The van der Waals surface area contributed by atoms with E-state index in [1.165, 1.54) is 0 Å². The average molecular weight is 282 g/mol. The zero-order chi connectivity index (χ0) is 14.6. The van der Waals surface area contributed by atoms with Gasteiger partial charge in [-0.1, -0.05) is 0 Å². The Hall–Kier alpha value is -1.34. The second-order valence-corrected chi connectivity index (χ2v) is 4.98. The summed E-state index contributed by atoms with van der Waals surface area (Å²) in [5.74, 6) is 1.31. The predicted molar refractivity (Wildman–Crippen MR) is 75.1 cm³/mol. The number of methoxy groups -OCH3 is 2. The predicted octanol–water partition coefficient (Wildman–Crippen LogP) is 0.0545. The van der Waals surface area contributed by atoms with Gasteiger partial charge in [0, 0.05) is 18.7 Å². The van der Waals surface area contributed by atoms with E-state index in [4.69, 9.17) is 19.9 Å². The van der Waals surface area contributed by atoms with Gasteiger partial charge in [0.1, 0.15) is 11.5 Å². The summed E-state index contributed by atoms with van der Waals surface area (Å²) in [5.41, 5.74) is 6.20. The molecule has 4 N–H and O–H groups in total. The minimum Gasteiger partial charge on any atom is -0.497 e. The molecular weight excluding hydrogens is 260 g/mol. The molecule has 6 nitrogen and oxygen atoms in total. The number of ether oxygens (including phenoxy) is 3. The maximum atomic E-state index is 10.4. The van der Waals surface area contributed by atoms with Crippen molar-refractivity contribution in [1.29, 1.82) is 0 Å². The molecule has 6 heteroatoms. The SMILES string of the molecule is COc1ccc(OC)c(C(O)CNC2(CN)COC2)c1. The van der Waals surface area contributed by atoms with Crippen molar-refractivity contribution in [3.8, 4) is 11.5 Å². The molecule has 2 rings (SSSR count). The van der Waals surface area contributed by atoms with E-state index in [1.807, 2.05) is 0 Å². The monoisotopic (exact) mass is 282 g/mol. The quantitative estimate of drug-likeness (QED) is 0.655. The van der Waals surface area contributed by atoms with Crippen LogP contribution in [0.3, 0.4) is 0 Å². The van der Waals surface area contributed by atoms with Crippen LogP contribution in [0, 0.1) is 0 Å². The zero-order valence-electron chi connectivity index (χ0n) is 11.9. The smallest absolute Gasteiger partial charge is 0.124 e. The van der Waals surface area contributed by atoms with Gasteiger partial charge in [-0.05, 0) is 18.2 Å². The molecule has 1 aromatic carbocycles. The van der Waals surface area contributed by atoms with Crippen molar-refractivity contribution in [2.75, 3.05) is 40.5 Å². The minimum absolute atomic E-state index is 0.215. The third-order valence-electron chi connectivity index (χ3n) is 3.61. The second kappa shape index (κ2) is 6.41. The first-order valence-electron chi connectivity index (χ1n) is 6.57. The second-order valence-electron chi connectivity index (χ2n) is 4.98. The summed E-state index contributed by atoms with van der Waals surface area (Å²) in [6.45, 7) is 2.01. The zero-order valence-corrected chi connectivity index (χ0v) is 11.9. The normalized spacial score (nSPS) is 18.2. The molecule has 1 unspecified atom stereocenters. The highest BCUT2D eigenvalue weighted by atomic mass is 16.5. The molecule has 1 aromatic rings. The van der Waals surface area contributed by atoms with Gasteiger partial charge in [-0.2, -0.15) is 0 Å². The van der Waals surface area contributed by atoms with Gasteiger partial charge in [-0.25, -0.2) is 0 Å². The van der Waals surface area contributed by atoms with E-state index in [-0.39, 0.29) is 5.54 Å². The summed E-state index contributed by atoms with van der Waals surface area (Å²) in [4.78, 5) is 0. The van der Waals surface area contributed by atoms with Crippen LogP contribution >= 0.6 is 0 Å². The molecule has 1 aliphatic rings. The van der Waals surface area contributed by atoms with Gasteiger partial charge in [-0.15, -0.1) is 0 Å². The number of hydrogen-bond donors (Lipinski definition) is 3. The number of benzene rings is 1. The highest BCUT2D eigenvalue weighted by molar-refractivity contribution is 5.41. The molecule has 0 aliphatic carbocycles. The van der Waals surface area contributed by atoms with Crippen LogP contribution in [0.4, 0.5) is 0 Å². The van der Waals surface area contributed by atoms with Gasteiger partial charge < -0.3 is 30.4 Å². The lowest BCUT2D eigenvalue weighted by Gasteiger charge is -2.41. The van der Waals surface area contributed by atoms with Crippen molar-refractivity contribution in [2.45, 2.75) is 11.6 Å². The molecular formula is C14H22N2O4. The Balaban J connectivity index is 2.05. The van der Waals surface area contributed by atoms with E-state index in [2.05, 4.69) is 5.32 Å². The molecule has 1 saturated heterocycles. The Bertz CT molecular complexity index is 443. The standard InChI is InChI=1S/C14H22N2O4/c1-18-10-3-4-13(19-2)11(5-10)12(17)6-16-14(7-15)8-20-9-14/h3-5,12,16-17H,6-9,15H2,1-2H3. The van der Waals surface area contributed by atoms with Gasteiger partial charge in [0.15, 0.2) is 0 Å². The molecule has 0 amide bonds. The third kappa shape index (κ3) is 3.04. The Morgan fingerprint density at radius 3 is 2.65 bits per heavy atom. The fourth-order valence-corrected chi connectivity index (χ4v) is 2.16. The van der Waals surface area contributed by atoms with E-state index >= 15 is 0 Å². The first-order valence-corrected chi connectivity index (χ1v) is 6.57. The van der Waals surface area contributed by atoms with Gasteiger partial charge >= 0.3 is 0 Å². The number of nitrogens with one attached hydrogen (secondary N) is 1. The molecule has 1 aliphatic heterocycles. The van der Waals surface area contributed by atoms with Crippen molar-refractivity contribution < 1.29 is 19.3 Å². The van der Waals surface area contributed by atoms with Crippen molar-refractivity contribution in [2.24, 2.45) is 5.73 Å². The Morgan fingerprint density at radius 1 is 1.40 bits per heavy atom. The van der Waals surface area contributed by atoms with E-state index < -0.39 is 6.10 Å². The highest BCUT2D eigenvalue weighted by Gasteiger charge is 2.37. The topological polar surface area (TPSA) is 86.0 Å².